The zero-order valence-corrected chi connectivity index (χ0v) is 19.8. The minimum absolute atomic E-state index is 0. The first-order valence-electron chi connectivity index (χ1n) is 9.34. The van der Waals surface area contributed by atoms with E-state index in [2.05, 4.69) is 59.1 Å². The lowest BCUT2D eigenvalue weighted by atomic mass is 10.1. The van der Waals surface area contributed by atoms with Crippen LogP contribution in [0.25, 0.3) is 0 Å². The molecule has 0 aliphatic carbocycles. The van der Waals surface area contributed by atoms with Gasteiger partial charge < -0.3 is 15.1 Å². The van der Waals surface area contributed by atoms with Gasteiger partial charge in [0.2, 0.25) is 0 Å². The zero-order valence-electron chi connectivity index (χ0n) is 16.7. The van der Waals surface area contributed by atoms with Gasteiger partial charge >= 0.3 is 0 Å². The lowest BCUT2D eigenvalue weighted by molar-refractivity contribution is 0.372. The minimum Gasteiger partial charge on any atom is -0.368 e. The second kappa shape index (κ2) is 10.3. The maximum absolute atomic E-state index is 4.83. The molecule has 3 rings (SSSR count). The van der Waals surface area contributed by atoms with Crippen molar-refractivity contribution in [3.05, 3.63) is 45.4 Å². The minimum atomic E-state index is 0. The SMILES string of the molecule is CCNC(=NCc1cnc(C)s1)N1CCN(c2cccc(C)c2C)CC1.I. The summed E-state index contributed by atoms with van der Waals surface area (Å²) in [5.41, 5.74) is 4.12. The van der Waals surface area contributed by atoms with Gasteiger partial charge in [-0.05, 0) is 44.9 Å². The molecule has 1 aromatic carbocycles. The lowest BCUT2D eigenvalue weighted by Gasteiger charge is -2.38. The van der Waals surface area contributed by atoms with Crippen molar-refractivity contribution in [3.8, 4) is 0 Å². The van der Waals surface area contributed by atoms with Crippen LogP contribution < -0.4 is 10.2 Å². The summed E-state index contributed by atoms with van der Waals surface area (Å²) < 4.78 is 0. The number of piperazine rings is 1. The molecule has 27 heavy (non-hydrogen) atoms. The molecule has 1 fully saturated rings. The van der Waals surface area contributed by atoms with E-state index >= 15 is 0 Å². The van der Waals surface area contributed by atoms with Crippen molar-refractivity contribution in [2.75, 3.05) is 37.6 Å². The van der Waals surface area contributed by atoms with Crippen molar-refractivity contribution in [2.24, 2.45) is 4.99 Å². The van der Waals surface area contributed by atoms with Crippen molar-refractivity contribution < 1.29 is 0 Å². The Hall–Kier alpha value is -1.35. The van der Waals surface area contributed by atoms with Gasteiger partial charge in [0.1, 0.15) is 0 Å². The summed E-state index contributed by atoms with van der Waals surface area (Å²) in [5, 5.41) is 4.55. The Balaban J connectivity index is 0.00000261. The smallest absolute Gasteiger partial charge is 0.194 e. The van der Waals surface area contributed by atoms with Gasteiger partial charge in [-0.25, -0.2) is 9.98 Å². The highest BCUT2D eigenvalue weighted by Gasteiger charge is 2.21. The second-order valence-electron chi connectivity index (χ2n) is 6.71. The number of benzene rings is 1. The average Bonchev–Trinajstić information content (AvgIpc) is 3.06. The second-order valence-corrected chi connectivity index (χ2v) is 8.03. The van der Waals surface area contributed by atoms with Crippen LogP contribution in [0.2, 0.25) is 0 Å². The van der Waals surface area contributed by atoms with Gasteiger partial charge in [-0.15, -0.1) is 35.3 Å². The molecule has 1 N–H and O–H groups in total. The van der Waals surface area contributed by atoms with E-state index in [1.807, 2.05) is 13.1 Å². The first-order chi connectivity index (χ1) is 12.6. The fourth-order valence-electron chi connectivity index (χ4n) is 3.29. The van der Waals surface area contributed by atoms with E-state index in [0.29, 0.717) is 6.54 Å². The number of aliphatic imine (C=N–C) groups is 1. The average molecular weight is 499 g/mol. The Kier molecular flexibility index (Phi) is 8.34. The third-order valence-electron chi connectivity index (χ3n) is 4.88. The predicted molar refractivity (Wildman–Crippen MR) is 127 cm³/mol. The van der Waals surface area contributed by atoms with Gasteiger partial charge in [-0.1, -0.05) is 12.1 Å². The number of hydrogen-bond donors (Lipinski definition) is 1. The van der Waals surface area contributed by atoms with Crippen LogP contribution in [0.3, 0.4) is 0 Å². The predicted octanol–water partition coefficient (Wildman–Crippen LogP) is 3.97. The molecule has 1 aromatic heterocycles. The van der Waals surface area contributed by atoms with E-state index in [0.717, 1.165) is 43.7 Å². The molecule has 0 unspecified atom stereocenters. The highest BCUT2D eigenvalue weighted by atomic mass is 127. The molecule has 0 atom stereocenters. The molecule has 2 heterocycles. The number of guanidine groups is 1. The standard InChI is InChI=1S/C20H29N5S.HI/c1-5-21-20(23-14-18-13-22-17(4)26-18)25-11-9-24(10-12-25)19-8-6-7-15(2)16(19)3;/h6-8,13H,5,9-12,14H2,1-4H3,(H,21,23);1H. The number of rotatable bonds is 4. The molecular weight excluding hydrogens is 469 g/mol. The summed E-state index contributed by atoms with van der Waals surface area (Å²) in [7, 11) is 0. The van der Waals surface area contributed by atoms with Gasteiger partial charge in [0.25, 0.3) is 0 Å². The molecule has 0 amide bonds. The van der Waals surface area contributed by atoms with Gasteiger partial charge in [0.15, 0.2) is 5.96 Å². The van der Waals surface area contributed by atoms with Crippen LogP contribution in [0.15, 0.2) is 29.4 Å². The van der Waals surface area contributed by atoms with E-state index in [9.17, 15) is 0 Å². The Morgan fingerprint density at radius 1 is 1.19 bits per heavy atom. The van der Waals surface area contributed by atoms with Gasteiger partial charge in [-0.3, -0.25) is 0 Å². The molecular formula is C20H30IN5S. The highest BCUT2D eigenvalue weighted by Crippen LogP contribution is 2.24. The molecule has 1 aliphatic rings. The number of nitrogens with zero attached hydrogens (tertiary/aromatic N) is 4. The Morgan fingerprint density at radius 3 is 2.56 bits per heavy atom. The third-order valence-corrected chi connectivity index (χ3v) is 5.78. The summed E-state index contributed by atoms with van der Waals surface area (Å²) in [6.45, 7) is 14.2. The van der Waals surface area contributed by atoms with Crippen molar-refractivity contribution in [2.45, 2.75) is 34.2 Å². The molecule has 0 spiro atoms. The number of aromatic nitrogens is 1. The molecule has 1 saturated heterocycles. The monoisotopic (exact) mass is 499 g/mol. The third kappa shape index (κ3) is 5.57. The number of nitrogens with one attached hydrogen (secondary N) is 1. The van der Waals surface area contributed by atoms with E-state index in [4.69, 9.17) is 4.99 Å². The van der Waals surface area contributed by atoms with Crippen LogP contribution in [0.4, 0.5) is 5.69 Å². The quantitative estimate of drug-likeness (QED) is 0.393. The normalized spacial score (nSPS) is 14.9. The fraction of sp³-hybridized carbons (Fsp3) is 0.500. The summed E-state index contributed by atoms with van der Waals surface area (Å²) in [4.78, 5) is 15.2. The molecule has 148 valence electrons. The van der Waals surface area contributed by atoms with Crippen LogP contribution in [-0.2, 0) is 6.54 Å². The lowest BCUT2D eigenvalue weighted by Crippen LogP contribution is -2.52. The molecule has 0 radical (unpaired) electrons. The first-order valence-corrected chi connectivity index (χ1v) is 10.2. The first kappa shape index (κ1) is 21.9. The molecule has 1 aliphatic heterocycles. The zero-order chi connectivity index (χ0) is 18.5. The fourth-order valence-corrected chi connectivity index (χ4v) is 4.01. The number of aryl methyl sites for hydroxylation is 2. The van der Waals surface area contributed by atoms with Crippen molar-refractivity contribution in [1.29, 1.82) is 0 Å². The molecule has 0 bridgehead atoms. The number of anilines is 1. The van der Waals surface area contributed by atoms with Gasteiger partial charge in [-0.2, -0.15) is 0 Å². The van der Waals surface area contributed by atoms with E-state index < -0.39 is 0 Å². The van der Waals surface area contributed by atoms with Gasteiger partial charge in [0, 0.05) is 49.5 Å². The van der Waals surface area contributed by atoms with Crippen LogP contribution in [-0.4, -0.2) is 48.6 Å². The maximum atomic E-state index is 4.83. The molecule has 2 aromatic rings. The topological polar surface area (TPSA) is 43.8 Å². The Labute approximate surface area is 183 Å². The Morgan fingerprint density at radius 2 is 1.93 bits per heavy atom. The summed E-state index contributed by atoms with van der Waals surface area (Å²) in [5.74, 6) is 1.01. The van der Waals surface area contributed by atoms with Crippen LogP contribution in [0.5, 0.6) is 0 Å². The van der Waals surface area contributed by atoms with E-state index in [1.165, 1.54) is 21.7 Å². The number of hydrogen-bond acceptors (Lipinski definition) is 4. The van der Waals surface area contributed by atoms with Crippen molar-refractivity contribution >= 4 is 47.0 Å². The van der Waals surface area contributed by atoms with E-state index in [-0.39, 0.29) is 24.0 Å². The number of thiazole rings is 1. The van der Waals surface area contributed by atoms with Crippen LogP contribution in [0.1, 0.15) is 27.9 Å². The maximum Gasteiger partial charge on any atom is 0.194 e. The van der Waals surface area contributed by atoms with Crippen molar-refractivity contribution in [3.63, 3.8) is 0 Å². The summed E-state index contributed by atoms with van der Waals surface area (Å²) in [6, 6.07) is 6.59. The van der Waals surface area contributed by atoms with E-state index in [1.54, 1.807) is 11.3 Å². The number of halogens is 1. The van der Waals surface area contributed by atoms with Crippen LogP contribution >= 0.6 is 35.3 Å². The Bertz CT molecular complexity index is 765. The molecule has 0 saturated carbocycles. The largest absolute Gasteiger partial charge is 0.368 e. The molecule has 7 heteroatoms. The van der Waals surface area contributed by atoms with Gasteiger partial charge in [0.05, 0.1) is 11.6 Å². The highest BCUT2D eigenvalue weighted by molar-refractivity contribution is 14.0. The summed E-state index contributed by atoms with van der Waals surface area (Å²) in [6.07, 6.45) is 1.94. The summed E-state index contributed by atoms with van der Waals surface area (Å²) >= 11 is 1.72. The van der Waals surface area contributed by atoms with Crippen LogP contribution in [0, 0.1) is 20.8 Å². The molecule has 5 nitrogen and oxygen atoms in total. The van der Waals surface area contributed by atoms with Crippen molar-refractivity contribution in [1.82, 2.24) is 15.2 Å².